The summed E-state index contributed by atoms with van der Waals surface area (Å²) in [6.45, 7) is 1.84. The second-order valence-corrected chi connectivity index (χ2v) is 7.44. The zero-order chi connectivity index (χ0) is 19.7. The molecule has 0 saturated heterocycles. The molecule has 1 aliphatic rings. The summed E-state index contributed by atoms with van der Waals surface area (Å²) in [5.74, 6) is 0.751. The number of phenols is 1. The molecule has 0 fully saturated rings. The normalized spacial score (nSPS) is 19.1. The summed E-state index contributed by atoms with van der Waals surface area (Å²) in [7, 11) is 1.64. The van der Waals surface area contributed by atoms with Crippen LogP contribution in [-0.4, -0.2) is 28.9 Å². The Hall–Kier alpha value is -3.19. The molecule has 4 rings (SSSR count). The second-order valence-electron chi connectivity index (χ2n) is 6.55. The lowest BCUT2D eigenvalue weighted by Gasteiger charge is -2.30. The van der Waals surface area contributed by atoms with Crippen molar-refractivity contribution in [2.45, 2.75) is 18.9 Å². The smallest absolute Gasteiger partial charge is 0.341 e. The average molecular weight is 393 g/mol. The van der Waals surface area contributed by atoms with Gasteiger partial charge in [-0.15, -0.1) is 11.3 Å². The number of carbonyl (C=O) groups excluding carboxylic acids is 1. The van der Waals surface area contributed by atoms with E-state index in [1.807, 2.05) is 42.6 Å². The van der Waals surface area contributed by atoms with E-state index in [1.165, 1.54) is 11.3 Å². The van der Waals surface area contributed by atoms with Gasteiger partial charge in [-0.2, -0.15) is 0 Å². The number of thiazole rings is 1. The molecule has 7 heteroatoms. The van der Waals surface area contributed by atoms with Gasteiger partial charge < -0.3 is 15.2 Å². The highest BCUT2D eigenvalue weighted by molar-refractivity contribution is 7.10. The number of aromatic nitrogens is 1. The topological polar surface area (TPSA) is 83.8 Å². The molecule has 2 atom stereocenters. The lowest BCUT2D eigenvalue weighted by molar-refractivity contribution is 0.243. The van der Waals surface area contributed by atoms with E-state index in [0.29, 0.717) is 5.71 Å². The number of hydrogen-bond donors (Lipinski definition) is 2. The van der Waals surface area contributed by atoms with Crippen LogP contribution in [0.3, 0.4) is 0 Å². The first-order valence-electron chi connectivity index (χ1n) is 8.79. The first kappa shape index (κ1) is 18.2. The number of carbonyl (C=O) groups is 1. The number of urea groups is 1. The molecule has 0 saturated carbocycles. The minimum absolute atomic E-state index is 0.156. The number of phenolic OH excluding ortho intramolecular Hbond substituents is 1. The standard InChI is InChI=1S/C21H19N3O3S/c1-12-18(19(24-21(26)22-12)14-4-3-5-15(25)10-14)20-23-17(11-28-20)13-6-8-16(27-2)9-7-13/h3-11,18-19,25H,1-2H3,(H,24,26). The number of benzene rings is 2. The molecule has 6 nitrogen and oxygen atoms in total. The zero-order valence-corrected chi connectivity index (χ0v) is 16.2. The summed E-state index contributed by atoms with van der Waals surface area (Å²) in [5.41, 5.74) is 3.37. The van der Waals surface area contributed by atoms with Crippen molar-refractivity contribution in [1.82, 2.24) is 10.3 Å². The number of amides is 2. The van der Waals surface area contributed by atoms with E-state index in [0.717, 1.165) is 27.6 Å². The summed E-state index contributed by atoms with van der Waals surface area (Å²) in [4.78, 5) is 20.9. The Labute approximate surface area is 166 Å². The Morgan fingerprint density at radius 3 is 2.68 bits per heavy atom. The molecule has 2 aromatic carbocycles. The Morgan fingerprint density at radius 1 is 1.18 bits per heavy atom. The molecule has 0 spiro atoms. The van der Waals surface area contributed by atoms with Gasteiger partial charge in [-0.05, 0) is 48.9 Å². The van der Waals surface area contributed by atoms with Gasteiger partial charge in [-0.1, -0.05) is 12.1 Å². The van der Waals surface area contributed by atoms with E-state index >= 15 is 0 Å². The fourth-order valence-electron chi connectivity index (χ4n) is 3.36. The van der Waals surface area contributed by atoms with Crippen LogP contribution in [-0.2, 0) is 0 Å². The van der Waals surface area contributed by atoms with Crippen molar-refractivity contribution >= 4 is 23.1 Å². The fraction of sp³-hybridized carbons (Fsp3) is 0.190. The Morgan fingerprint density at radius 2 is 1.96 bits per heavy atom. The monoisotopic (exact) mass is 393 g/mol. The summed E-state index contributed by atoms with van der Waals surface area (Å²) in [6.07, 6.45) is 0. The molecule has 28 heavy (non-hydrogen) atoms. The van der Waals surface area contributed by atoms with Crippen molar-refractivity contribution in [3.63, 3.8) is 0 Å². The van der Waals surface area contributed by atoms with Gasteiger partial charge in [-0.3, -0.25) is 0 Å². The van der Waals surface area contributed by atoms with Gasteiger partial charge >= 0.3 is 6.03 Å². The first-order chi connectivity index (χ1) is 13.5. The van der Waals surface area contributed by atoms with Crippen molar-refractivity contribution in [3.8, 4) is 22.8 Å². The maximum atomic E-state index is 12.0. The molecule has 2 heterocycles. The SMILES string of the molecule is COc1ccc(-c2csc(C3C(C)=NC(=O)NC3c3cccc(O)c3)n2)cc1. The van der Waals surface area contributed by atoms with Crippen LogP contribution in [0.1, 0.15) is 29.5 Å². The van der Waals surface area contributed by atoms with Gasteiger partial charge in [-0.25, -0.2) is 14.8 Å². The molecule has 142 valence electrons. The van der Waals surface area contributed by atoms with Crippen LogP contribution in [0.25, 0.3) is 11.3 Å². The predicted octanol–water partition coefficient (Wildman–Crippen LogP) is 4.53. The average Bonchev–Trinajstić information content (AvgIpc) is 3.17. The molecule has 1 aliphatic heterocycles. The van der Waals surface area contributed by atoms with Crippen molar-refractivity contribution in [3.05, 3.63) is 64.5 Å². The van der Waals surface area contributed by atoms with Gasteiger partial charge in [0, 0.05) is 16.7 Å². The Balaban J connectivity index is 1.71. The molecule has 0 radical (unpaired) electrons. The fourth-order valence-corrected chi connectivity index (χ4v) is 4.39. The van der Waals surface area contributed by atoms with Crippen LogP contribution in [0.15, 0.2) is 58.9 Å². The lowest BCUT2D eigenvalue weighted by Crippen LogP contribution is -2.38. The first-order valence-corrected chi connectivity index (χ1v) is 9.67. The number of aliphatic imine (C=N–C) groups is 1. The van der Waals surface area contributed by atoms with Crippen LogP contribution < -0.4 is 10.1 Å². The van der Waals surface area contributed by atoms with E-state index in [2.05, 4.69) is 10.3 Å². The van der Waals surface area contributed by atoms with Crippen molar-refractivity contribution in [2.24, 2.45) is 4.99 Å². The Kier molecular flexibility index (Phi) is 4.83. The maximum absolute atomic E-state index is 12.0. The number of nitrogens with zero attached hydrogens (tertiary/aromatic N) is 2. The number of ether oxygens (including phenoxy) is 1. The highest BCUT2D eigenvalue weighted by atomic mass is 32.1. The minimum atomic E-state index is -0.381. The highest BCUT2D eigenvalue weighted by Crippen LogP contribution is 2.38. The van der Waals surface area contributed by atoms with E-state index in [-0.39, 0.29) is 23.7 Å². The summed E-state index contributed by atoms with van der Waals surface area (Å²) < 4.78 is 5.21. The molecule has 0 aliphatic carbocycles. The zero-order valence-electron chi connectivity index (χ0n) is 15.4. The third-order valence-electron chi connectivity index (χ3n) is 4.74. The number of rotatable bonds is 4. The molecular weight excluding hydrogens is 374 g/mol. The minimum Gasteiger partial charge on any atom is -0.508 e. The molecule has 2 amide bonds. The molecule has 2 unspecified atom stereocenters. The molecule has 0 bridgehead atoms. The van der Waals surface area contributed by atoms with Crippen molar-refractivity contribution < 1.29 is 14.6 Å². The van der Waals surface area contributed by atoms with Gasteiger partial charge in [0.05, 0.1) is 24.8 Å². The number of hydrogen-bond acceptors (Lipinski definition) is 5. The van der Waals surface area contributed by atoms with Crippen LogP contribution in [0.4, 0.5) is 4.79 Å². The van der Waals surface area contributed by atoms with E-state index in [1.54, 1.807) is 25.3 Å². The van der Waals surface area contributed by atoms with E-state index in [9.17, 15) is 9.90 Å². The summed E-state index contributed by atoms with van der Waals surface area (Å²) in [6, 6.07) is 13.9. The van der Waals surface area contributed by atoms with Gasteiger partial charge in [0.15, 0.2) is 0 Å². The molecule has 3 aromatic rings. The molecular formula is C21H19N3O3S. The highest BCUT2D eigenvalue weighted by Gasteiger charge is 2.35. The predicted molar refractivity (Wildman–Crippen MR) is 109 cm³/mol. The van der Waals surface area contributed by atoms with Crippen molar-refractivity contribution in [2.75, 3.05) is 7.11 Å². The number of nitrogens with one attached hydrogen (secondary N) is 1. The summed E-state index contributed by atoms with van der Waals surface area (Å²) >= 11 is 1.53. The van der Waals surface area contributed by atoms with Gasteiger partial charge in [0.2, 0.25) is 0 Å². The third-order valence-corrected chi connectivity index (χ3v) is 5.67. The van der Waals surface area contributed by atoms with Crippen LogP contribution in [0.2, 0.25) is 0 Å². The molecule has 1 aromatic heterocycles. The largest absolute Gasteiger partial charge is 0.508 e. The second kappa shape index (κ2) is 7.44. The summed E-state index contributed by atoms with van der Waals surface area (Å²) in [5, 5.41) is 15.6. The third kappa shape index (κ3) is 3.48. The van der Waals surface area contributed by atoms with Gasteiger partial charge in [0.25, 0.3) is 0 Å². The molecule has 2 N–H and O–H groups in total. The quantitative estimate of drug-likeness (QED) is 0.682. The lowest BCUT2D eigenvalue weighted by atomic mass is 9.88. The van der Waals surface area contributed by atoms with E-state index in [4.69, 9.17) is 9.72 Å². The number of methoxy groups -OCH3 is 1. The van der Waals surface area contributed by atoms with Crippen LogP contribution in [0, 0.1) is 0 Å². The van der Waals surface area contributed by atoms with Crippen molar-refractivity contribution in [1.29, 1.82) is 0 Å². The van der Waals surface area contributed by atoms with E-state index < -0.39 is 0 Å². The van der Waals surface area contributed by atoms with Gasteiger partial charge in [0.1, 0.15) is 16.5 Å². The Bertz CT molecular complexity index is 1040. The van der Waals surface area contributed by atoms with Crippen LogP contribution >= 0.6 is 11.3 Å². The maximum Gasteiger partial charge on any atom is 0.341 e. The van der Waals surface area contributed by atoms with Crippen LogP contribution in [0.5, 0.6) is 11.5 Å². The number of aromatic hydroxyl groups is 1.